The van der Waals surface area contributed by atoms with Crippen LogP contribution in [0.15, 0.2) is 42.5 Å². The lowest BCUT2D eigenvalue weighted by Gasteiger charge is -2.19. The van der Waals surface area contributed by atoms with Gasteiger partial charge < -0.3 is 9.84 Å². The molecule has 3 nitrogen and oxygen atoms in total. The Morgan fingerprint density at radius 1 is 1.10 bits per heavy atom. The van der Waals surface area contributed by atoms with Crippen molar-refractivity contribution < 1.29 is 14.6 Å². The number of carbonyl (C=O) groups is 1. The maximum Gasteiger partial charge on any atom is 0.337 e. The van der Waals surface area contributed by atoms with E-state index in [1.165, 1.54) is 12.1 Å². The summed E-state index contributed by atoms with van der Waals surface area (Å²) in [6.45, 7) is 6.39. The Hall–Kier alpha value is -2.00. The fraction of sp³-hybridized carbons (Fsp3) is 0.235. The fourth-order valence-corrected chi connectivity index (χ4v) is 2.15. The number of hydrogen-bond acceptors (Lipinski definition) is 2. The third kappa shape index (κ3) is 3.76. The largest absolute Gasteiger partial charge is 0.478 e. The number of benzene rings is 2. The van der Waals surface area contributed by atoms with Crippen LogP contribution in [-0.2, 0) is 5.41 Å². The predicted molar refractivity (Wildman–Crippen MR) is 83.6 cm³/mol. The zero-order valence-corrected chi connectivity index (χ0v) is 12.9. The molecule has 110 valence electrons. The number of carboxylic acids is 1. The number of hydrogen-bond donors (Lipinski definition) is 1. The number of carboxylic acid groups (broad SMARTS) is 1. The standard InChI is InChI=1S/C17H17ClO3/c1-17(2,3)11-5-4-6-12(9-11)21-13-7-8-14(16(19)20)15(18)10-13/h4-10H,1-3H3,(H,19,20). The van der Waals surface area contributed by atoms with E-state index < -0.39 is 5.97 Å². The maximum absolute atomic E-state index is 10.9. The summed E-state index contributed by atoms with van der Waals surface area (Å²) < 4.78 is 5.75. The van der Waals surface area contributed by atoms with Crippen LogP contribution in [0.3, 0.4) is 0 Å². The second kappa shape index (κ2) is 5.78. The van der Waals surface area contributed by atoms with E-state index in [0.717, 1.165) is 5.56 Å². The van der Waals surface area contributed by atoms with Gasteiger partial charge in [-0.2, -0.15) is 0 Å². The fourth-order valence-electron chi connectivity index (χ4n) is 1.89. The summed E-state index contributed by atoms with van der Waals surface area (Å²) >= 11 is 5.93. The van der Waals surface area contributed by atoms with Gasteiger partial charge in [-0.15, -0.1) is 0 Å². The van der Waals surface area contributed by atoms with E-state index in [0.29, 0.717) is 11.5 Å². The lowest BCUT2D eigenvalue weighted by molar-refractivity contribution is 0.0697. The normalized spacial score (nSPS) is 11.2. The van der Waals surface area contributed by atoms with Crippen molar-refractivity contribution in [3.63, 3.8) is 0 Å². The molecule has 0 radical (unpaired) electrons. The van der Waals surface area contributed by atoms with Gasteiger partial charge in [-0.05, 0) is 35.2 Å². The molecule has 0 atom stereocenters. The summed E-state index contributed by atoms with van der Waals surface area (Å²) in [5.41, 5.74) is 1.25. The first-order valence-corrected chi connectivity index (χ1v) is 6.96. The first kappa shape index (κ1) is 15.4. The number of aromatic carboxylic acids is 1. The number of rotatable bonds is 3. The Bertz CT molecular complexity index is 672. The van der Waals surface area contributed by atoms with Crippen molar-refractivity contribution in [2.45, 2.75) is 26.2 Å². The Balaban J connectivity index is 2.27. The summed E-state index contributed by atoms with van der Waals surface area (Å²) in [7, 11) is 0. The van der Waals surface area contributed by atoms with Crippen LogP contribution in [0.4, 0.5) is 0 Å². The van der Waals surface area contributed by atoms with Crippen molar-refractivity contribution in [3.8, 4) is 11.5 Å². The molecule has 21 heavy (non-hydrogen) atoms. The molecule has 0 unspecified atom stereocenters. The first-order chi connectivity index (χ1) is 9.77. The zero-order valence-electron chi connectivity index (χ0n) is 12.2. The van der Waals surface area contributed by atoms with Crippen molar-refractivity contribution >= 4 is 17.6 Å². The molecule has 0 saturated carbocycles. The summed E-state index contributed by atoms with van der Waals surface area (Å²) in [6, 6.07) is 12.4. The lowest BCUT2D eigenvalue weighted by atomic mass is 9.87. The van der Waals surface area contributed by atoms with Gasteiger partial charge in [0.1, 0.15) is 11.5 Å². The van der Waals surface area contributed by atoms with Gasteiger partial charge in [0.15, 0.2) is 0 Å². The predicted octanol–water partition coefficient (Wildman–Crippen LogP) is 5.13. The highest BCUT2D eigenvalue weighted by Crippen LogP contribution is 2.30. The van der Waals surface area contributed by atoms with Gasteiger partial charge in [-0.1, -0.05) is 44.5 Å². The quantitative estimate of drug-likeness (QED) is 0.855. The second-order valence-electron chi connectivity index (χ2n) is 5.83. The van der Waals surface area contributed by atoms with E-state index >= 15 is 0 Å². The highest BCUT2D eigenvalue weighted by molar-refractivity contribution is 6.33. The van der Waals surface area contributed by atoms with E-state index in [9.17, 15) is 4.79 Å². The average molecular weight is 305 g/mol. The molecular weight excluding hydrogens is 288 g/mol. The molecule has 0 aliphatic carbocycles. The number of halogens is 1. The molecule has 4 heteroatoms. The molecule has 0 aliphatic heterocycles. The molecule has 2 aromatic carbocycles. The second-order valence-corrected chi connectivity index (χ2v) is 6.23. The topological polar surface area (TPSA) is 46.5 Å². The van der Waals surface area contributed by atoms with E-state index in [1.54, 1.807) is 6.07 Å². The molecule has 0 fully saturated rings. The molecule has 0 aliphatic rings. The Labute approximate surface area is 129 Å². The Kier molecular flexibility index (Phi) is 4.24. The summed E-state index contributed by atoms with van der Waals surface area (Å²) in [5.74, 6) is 0.152. The number of ether oxygens (including phenoxy) is 1. The van der Waals surface area contributed by atoms with Gasteiger partial charge >= 0.3 is 5.97 Å². The SMILES string of the molecule is CC(C)(C)c1cccc(Oc2ccc(C(=O)O)c(Cl)c2)c1. The van der Waals surface area contributed by atoms with Crippen LogP contribution in [0.1, 0.15) is 36.7 Å². The first-order valence-electron chi connectivity index (χ1n) is 6.58. The molecule has 0 aromatic heterocycles. The van der Waals surface area contributed by atoms with E-state index in [2.05, 4.69) is 20.8 Å². The molecule has 0 amide bonds. The van der Waals surface area contributed by atoms with Crippen molar-refractivity contribution in [2.24, 2.45) is 0 Å². The van der Waals surface area contributed by atoms with Crippen molar-refractivity contribution in [1.29, 1.82) is 0 Å². The van der Waals surface area contributed by atoms with Crippen molar-refractivity contribution in [2.75, 3.05) is 0 Å². The highest BCUT2D eigenvalue weighted by atomic mass is 35.5. The Morgan fingerprint density at radius 3 is 2.33 bits per heavy atom. The molecular formula is C17H17ClO3. The van der Waals surface area contributed by atoms with Crippen LogP contribution >= 0.6 is 11.6 Å². The van der Waals surface area contributed by atoms with Gasteiger partial charge in [0.2, 0.25) is 0 Å². The average Bonchev–Trinajstić information content (AvgIpc) is 2.37. The summed E-state index contributed by atoms with van der Waals surface area (Å²) in [5, 5.41) is 9.11. The van der Waals surface area contributed by atoms with Gasteiger partial charge in [-0.25, -0.2) is 4.79 Å². The lowest BCUT2D eigenvalue weighted by Crippen LogP contribution is -2.10. The van der Waals surface area contributed by atoms with Gasteiger partial charge in [0.05, 0.1) is 10.6 Å². The van der Waals surface area contributed by atoms with E-state index in [-0.39, 0.29) is 16.0 Å². The minimum absolute atomic E-state index is 0.0319. The van der Waals surface area contributed by atoms with Gasteiger partial charge in [0.25, 0.3) is 0 Å². The molecule has 2 aromatic rings. The van der Waals surface area contributed by atoms with E-state index in [4.69, 9.17) is 21.4 Å². The van der Waals surface area contributed by atoms with Crippen LogP contribution in [0, 0.1) is 0 Å². The maximum atomic E-state index is 10.9. The van der Waals surface area contributed by atoms with Gasteiger partial charge in [0, 0.05) is 6.07 Å². The molecule has 0 saturated heterocycles. The Morgan fingerprint density at radius 2 is 1.76 bits per heavy atom. The molecule has 0 bridgehead atoms. The van der Waals surface area contributed by atoms with Crippen LogP contribution in [0.2, 0.25) is 5.02 Å². The third-order valence-electron chi connectivity index (χ3n) is 3.11. The molecule has 0 spiro atoms. The smallest absolute Gasteiger partial charge is 0.337 e. The minimum atomic E-state index is -1.05. The molecule has 1 N–H and O–H groups in total. The van der Waals surface area contributed by atoms with Crippen LogP contribution in [-0.4, -0.2) is 11.1 Å². The van der Waals surface area contributed by atoms with Crippen molar-refractivity contribution in [1.82, 2.24) is 0 Å². The van der Waals surface area contributed by atoms with Gasteiger partial charge in [-0.3, -0.25) is 0 Å². The minimum Gasteiger partial charge on any atom is -0.478 e. The van der Waals surface area contributed by atoms with Crippen LogP contribution in [0.5, 0.6) is 11.5 Å². The zero-order chi connectivity index (χ0) is 15.6. The third-order valence-corrected chi connectivity index (χ3v) is 3.42. The highest BCUT2D eigenvalue weighted by Gasteiger charge is 2.14. The molecule has 0 heterocycles. The van der Waals surface area contributed by atoms with Crippen LogP contribution < -0.4 is 4.74 Å². The monoisotopic (exact) mass is 304 g/mol. The van der Waals surface area contributed by atoms with Crippen LogP contribution in [0.25, 0.3) is 0 Å². The summed E-state index contributed by atoms with van der Waals surface area (Å²) in [6.07, 6.45) is 0. The summed E-state index contributed by atoms with van der Waals surface area (Å²) in [4.78, 5) is 10.9. The molecule has 2 rings (SSSR count). The van der Waals surface area contributed by atoms with E-state index in [1.807, 2.05) is 24.3 Å². The van der Waals surface area contributed by atoms with Crippen molar-refractivity contribution in [3.05, 3.63) is 58.6 Å².